The molecule has 7 heteroatoms. The van der Waals surface area contributed by atoms with Crippen molar-refractivity contribution >= 4 is 17.5 Å². The fourth-order valence-electron chi connectivity index (χ4n) is 7.80. The van der Waals surface area contributed by atoms with Gasteiger partial charge >= 0.3 is 0 Å². The molecule has 1 aromatic carbocycles. The number of benzene rings is 1. The van der Waals surface area contributed by atoms with Crippen molar-refractivity contribution in [2.75, 3.05) is 11.9 Å². The first-order chi connectivity index (χ1) is 16.9. The molecular weight excluding hydrogens is 443 g/mol. The minimum absolute atomic E-state index is 0.00317. The molecule has 0 aliphatic heterocycles. The second-order valence-electron chi connectivity index (χ2n) is 11.5. The van der Waals surface area contributed by atoms with E-state index in [9.17, 15) is 14.0 Å². The van der Waals surface area contributed by atoms with Gasteiger partial charge < -0.3 is 16.4 Å². The topological polar surface area (TPSA) is 97.1 Å². The Labute approximate surface area is 205 Å². The number of rotatable bonds is 7. The number of halogens is 1. The van der Waals surface area contributed by atoms with Gasteiger partial charge in [-0.25, -0.2) is 4.39 Å². The lowest BCUT2D eigenvalue weighted by molar-refractivity contribution is -0.149. The highest BCUT2D eigenvalue weighted by molar-refractivity contribution is 5.95. The Morgan fingerprint density at radius 1 is 1.00 bits per heavy atom. The first-order valence-corrected chi connectivity index (χ1v) is 12.9. The molecule has 3 atom stereocenters. The number of anilines is 1. The fourth-order valence-corrected chi connectivity index (χ4v) is 7.80. The quantitative estimate of drug-likeness (QED) is 0.567. The van der Waals surface area contributed by atoms with E-state index in [4.69, 9.17) is 5.73 Å². The lowest BCUT2D eigenvalue weighted by Gasteiger charge is -2.60. The van der Waals surface area contributed by atoms with Gasteiger partial charge in [-0.1, -0.05) is 12.1 Å². The van der Waals surface area contributed by atoms with Crippen LogP contribution in [0.25, 0.3) is 0 Å². The Bertz CT molecular complexity index is 1100. The molecule has 35 heavy (non-hydrogen) atoms. The molecule has 7 rings (SSSR count). The molecule has 0 spiro atoms. The van der Waals surface area contributed by atoms with E-state index in [1.807, 2.05) is 12.1 Å². The van der Waals surface area contributed by atoms with Gasteiger partial charge in [0.05, 0.1) is 10.8 Å². The molecule has 5 fully saturated rings. The maximum absolute atomic E-state index is 13.4. The lowest BCUT2D eigenvalue weighted by Crippen LogP contribution is -2.60. The number of carbonyl (C=O) groups is 2. The predicted octanol–water partition coefficient (Wildman–Crippen LogP) is 3.78. The molecule has 6 nitrogen and oxygen atoms in total. The zero-order valence-electron chi connectivity index (χ0n) is 19.9. The first kappa shape index (κ1) is 22.7. The molecule has 3 unspecified atom stereocenters. The number of carbonyl (C=O) groups excluding carboxylic acids is 2. The SMILES string of the molecule is NC(CNC(=O)C1(c2ccc(F)cc2)CC1)C1C2CC3CC1CC(C(=O)Nc1ccncc1)(C3)C2. The largest absolute Gasteiger partial charge is 0.354 e. The summed E-state index contributed by atoms with van der Waals surface area (Å²) in [5.41, 5.74) is 7.57. The van der Waals surface area contributed by atoms with Crippen LogP contribution in [0.3, 0.4) is 0 Å². The Kier molecular flexibility index (Phi) is 5.44. The van der Waals surface area contributed by atoms with E-state index in [0.717, 1.165) is 56.2 Å². The summed E-state index contributed by atoms with van der Waals surface area (Å²) < 4.78 is 13.3. The number of hydrogen-bond acceptors (Lipinski definition) is 4. The molecule has 4 bridgehead atoms. The number of aromatic nitrogens is 1. The first-order valence-electron chi connectivity index (χ1n) is 12.9. The van der Waals surface area contributed by atoms with E-state index in [2.05, 4.69) is 15.6 Å². The van der Waals surface area contributed by atoms with Crippen LogP contribution in [0.5, 0.6) is 0 Å². The Morgan fingerprint density at radius 3 is 2.29 bits per heavy atom. The molecule has 0 saturated heterocycles. The van der Waals surface area contributed by atoms with Crippen molar-refractivity contribution in [2.45, 2.75) is 56.4 Å². The van der Waals surface area contributed by atoms with Gasteiger partial charge in [-0.05, 0) is 98.4 Å². The summed E-state index contributed by atoms with van der Waals surface area (Å²) in [5.74, 6) is 1.60. The maximum Gasteiger partial charge on any atom is 0.230 e. The molecule has 4 N–H and O–H groups in total. The minimum atomic E-state index is -0.535. The lowest BCUT2D eigenvalue weighted by atomic mass is 9.45. The molecule has 184 valence electrons. The van der Waals surface area contributed by atoms with Crippen LogP contribution < -0.4 is 16.4 Å². The van der Waals surface area contributed by atoms with Gasteiger partial charge in [0.1, 0.15) is 5.82 Å². The van der Waals surface area contributed by atoms with Gasteiger partial charge in [0.2, 0.25) is 11.8 Å². The summed E-state index contributed by atoms with van der Waals surface area (Å²) in [5, 5.41) is 6.26. The minimum Gasteiger partial charge on any atom is -0.354 e. The Morgan fingerprint density at radius 2 is 1.66 bits per heavy atom. The van der Waals surface area contributed by atoms with Crippen LogP contribution in [-0.4, -0.2) is 29.4 Å². The number of pyridine rings is 1. The van der Waals surface area contributed by atoms with Gasteiger partial charge in [-0.15, -0.1) is 0 Å². The van der Waals surface area contributed by atoms with Crippen LogP contribution in [0.4, 0.5) is 10.1 Å². The zero-order valence-corrected chi connectivity index (χ0v) is 19.9. The van der Waals surface area contributed by atoms with Crippen molar-refractivity contribution in [2.24, 2.45) is 34.8 Å². The molecule has 1 heterocycles. The van der Waals surface area contributed by atoms with Crippen molar-refractivity contribution < 1.29 is 14.0 Å². The summed E-state index contributed by atoms with van der Waals surface area (Å²) in [7, 11) is 0. The molecule has 5 aliphatic rings. The normalized spacial score (nSPS) is 32.6. The van der Waals surface area contributed by atoms with E-state index in [1.165, 1.54) is 12.1 Å². The summed E-state index contributed by atoms with van der Waals surface area (Å²) in [6, 6.07) is 9.81. The molecule has 2 amide bonds. The van der Waals surface area contributed by atoms with Crippen molar-refractivity contribution in [3.63, 3.8) is 0 Å². The second kappa shape index (κ2) is 8.40. The van der Waals surface area contributed by atoms with Gasteiger partial charge in [0, 0.05) is 30.7 Å². The highest BCUT2D eigenvalue weighted by Gasteiger charge is 2.59. The maximum atomic E-state index is 13.4. The molecule has 0 radical (unpaired) electrons. The Balaban J connectivity index is 1.10. The average molecular weight is 477 g/mol. The van der Waals surface area contributed by atoms with Crippen LogP contribution in [0.2, 0.25) is 0 Å². The predicted molar refractivity (Wildman–Crippen MR) is 131 cm³/mol. The van der Waals surface area contributed by atoms with Gasteiger partial charge in [-0.2, -0.15) is 0 Å². The third-order valence-corrected chi connectivity index (χ3v) is 9.34. The average Bonchev–Trinajstić information content (AvgIpc) is 3.65. The smallest absolute Gasteiger partial charge is 0.230 e. The highest BCUT2D eigenvalue weighted by Crippen LogP contribution is 2.63. The summed E-state index contributed by atoms with van der Waals surface area (Å²) in [4.78, 5) is 30.5. The fraction of sp³-hybridized carbons (Fsp3) is 0.536. The van der Waals surface area contributed by atoms with Gasteiger partial charge in [-0.3, -0.25) is 14.6 Å². The zero-order chi connectivity index (χ0) is 24.2. The van der Waals surface area contributed by atoms with E-state index in [0.29, 0.717) is 30.2 Å². The van der Waals surface area contributed by atoms with Gasteiger partial charge in [0.25, 0.3) is 0 Å². The van der Waals surface area contributed by atoms with Crippen LogP contribution in [0, 0.1) is 34.9 Å². The van der Waals surface area contributed by atoms with Crippen molar-refractivity contribution in [1.82, 2.24) is 10.3 Å². The monoisotopic (exact) mass is 476 g/mol. The van der Waals surface area contributed by atoms with Crippen LogP contribution in [0.1, 0.15) is 50.5 Å². The number of nitrogens with one attached hydrogen (secondary N) is 2. The number of nitrogens with two attached hydrogens (primary N) is 1. The van der Waals surface area contributed by atoms with E-state index in [1.54, 1.807) is 24.5 Å². The van der Waals surface area contributed by atoms with E-state index < -0.39 is 5.41 Å². The van der Waals surface area contributed by atoms with Crippen LogP contribution in [-0.2, 0) is 15.0 Å². The second-order valence-corrected chi connectivity index (χ2v) is 11.5. The van der Waals surface area contributed by atoms with Crippen molar-refractivity contribution in [3.05, 3.63) is 60.2 Å². The van der Waals surface area contributed by atoms with Gasteiger partial charge in [0.15, 0.2) is 0 Å². The molecule has 2 aromatic rings. The third-order valence-electron chi connectivity index (χ3n) is 9.34. The number of hydrogen-bond donors (Lipinski definition) is 3. The number of nitrogens with zero attached hydrogens (tertiary/aromatic N) is 1. The molecule has 1 aromatic heterocycles. The van der Waals surface area contributed by atoms with Crippen molar-refractivity contribution in [3.8, 4) is 0 Å². The summed E-state index contributed by atoms with van der Waals surface area (Å²) in [6.45, 7) is 0.445. The Hall–Kier alpha value is -2.80. The summed E-state index contributed by atoms with van der Waals surface area (Å²) >= 11 is 0. The number of amides is 2. The van der Waals surface area contributed by atoms with Crippen LogP contribution >= 0.6 is 0 Å². The van der Waals surface area contributed by atoms with Crippen LogP contribution in [0.15, 0.2) is 48.8 Å². The standard InChI is InChI=1S/C28H33FN4O2/c29-21-3-1-20(2-4-21)28(7-8-28)26(35)32-16-23(30)24-18-11-17-12-19(24)15-27(13-17,14-18)25(34)33-22-5-9-31-10-6-22/h1-6,9-10,17-19,23-24H,7-8,11-16,30H2,(H,32,35)(H,31,33,34). The highest BCUT2D eigenvalue weighted by atomic mass is 19.1. The van der Waals surface area contributed by atoms with Crippen molar-refractivity contribution in [1.29, 1.82) is 0 Å². The van der Waals surface area contributed by atoms with E-state index in [-0.39, 0.29) is 29.1 Å². The molecule has 5 aliphatic carbocycles. The molecular formula is C28H33FN4O2. The molecule has 5 saturated carbocycles. The third kappa shape index (κ3) is 3.94. The summed E-state index contributed by atoms with van der Waals surface area (Å²) in [6.07, 6.45) is 9.94. The van der Waals surface area contributed by atoms with E-state index >= 15 is 0 Å².